The van der Waals surface area contributed by atoms with Gasteiger partial charge >= 0.3 is 0 Å². The summed E-state index contributed by atoms with van der Waals surface area (Å²) in [6, 6.07) is 0. The summed E-state index contributed by atoms with van der Waals surface area (Å²) in [6.45, 7) is 1.71. The van der Waals surface area contributed by atoms with Crippen molar-refractivity contribution in [3.63, 3.8) is 0 Å². The van der Waals surface area contributed by atoms with Crippen LogP contribution >= 0.6 is 11.3 Å². The van der Waals surface area contributed by atoms with E-state index in [-0.39, 0.29) is 18.2 Å². The fourth-order valence-electron chi connectivity index (χ4n) is 2.14. The molecule has 0 aromatic carbocycles. The molecule has 7 nitrogen and oxygen atoms in total. The minimum absolute atomic E-state index is 0.0132. The number of fused-ring (bicyclic) bond motifs is 1. The summed E-state index contributed by atoms with van der Waals surface area (Å²) < 4.78 is 0. The van der Waals surface area contributed by atoms with Crippen LogP contribution in [-0.4, -0.2) is 38.3 Å². The van der Waals surface area contributed by atoms with Crippen LogP contribution in [0, 0.1) is 0 Å². The van der Waals surface area contributed by atoms with E-state index in [1.54, 1.807) is 36.3 Å². The maximum absolute atomic E-state index is 12.5. The van der Waals surface area contributed by atoms with Gasteiger partial charge in [0.1, 0.15) is 16.9 Å². The van der Waals surface area contributed by atoms with E-state index < -0.39 is 5.54 Å². The minimum Gasteiger partial charge on any atom is -0.317 e. The molecule has 0 bridgehead atoms. The first-order chi connectivity index (χ1) is 9.59. The van der Waals surface area contributed by atoms with Crippen molar-refractivity contribution >= 4 is 34.1 Å². The molecule has 0 saturated heterocycles. The van der Waals surface area contributed by atoms with Crippen molar-refractivity contribution in [2.75, 3.05) is 5.32 Å². The molecule has 3 heterocycles. The Morgan fingerprint density at radius 2 is 2.35 bits per heavy atom. The number of aromatic nitrogens is 2. The van der Waals surface area contributed by atoms with Crippen LogP contribution in [0.3, 0.4) is 0 Å². The molecule has 1 aromatic heterocycles. The molecule has 0 saturated carbocycles. The number of amidine groups is 1. The first kappa shape index (κ1) is 12.7. The van der Waals surface area contributed by atoms with Crippen molar-refractivity contribution < 1.29 is 9.59 Å². The first-order valence-corrected chi connectivity index (χ1v) is 6.81. The summed E-state index contributed by atoms with van der Waals surface area (Å²) in [5.41, 5.74) is 0.501. The van der Waals surface area contributed by atoms with Gasteiger partial charge in [0, 0.05) is 6.20 Å². The minimum atomic E-state index is -1.03. The Morgan fingerprint density at radius 3 is 3.10 bits per heavy atom. The molecule has 102 valence electrons. The predicted molar refractivity (Wildman–Crippen MR) is 74.1 cm³/mol. The van der Waals surface area contributed by atoms with E-state index in [0.29, 0.717) is 11.0 Å². The Balaban J connectivity index is 1.92. The second-order valence-corrected chi connectivity index (χ2v) is 5.42. The maximum Gasteiger partial charge on any atom is 0.252 e. The molecule has 1 atom stereocenters. The van der Waals surface area contributed by atoms with Crippen LogP contribution in [0.4, 0.5) is 5.13 Å². The molecular weight excluding hydrogens is 278 g/mol. The summed E-state index contributed by atoms with van der Waals surface area (Å²) in [5, 5.41) is 10.5. The number of aliphatic imine (C=N–C) groups is 1. The lowest BCUT2D eigenvalue weighted by atomic mass is 9.91. The maximum atomic E-state index is 12.5. The van der Waals surface area contributed by atoms with Gasteiger partial charge in [0.25, 0.3) is 11.8 Å². The Morgan fingerprint density at radius 1 is 1.50 bits per heavy atom. The number of amides is 2. The average molecular weight is 289 g/mol. The third kappa shape index (κ3) is 2.03. The number of carbonyl (C=O) groups is 2. The molecule has 0 fully saturated rings. The number of nitrogens with one attached hydrogen (secondary N) is 1. The topological polar surface area (TPSA) is 87.5 Å². The molecule has 3 rings (SSSR count). The van der Waals surface area contributed by atoms with E-state index in [0.717, 1.165) is 0 Å². The zero-order chi connectivity index (χ0) is 14.2. The highest BCUT2D eigenvalue weighted by Gasteiger charge is 2.45. The lowest BCUT2D eigenvalue weighted by molar-refractivity contribution is -0.130. The van der Waals surface area contributed by atoms with Crippen molar-refractivity contribution in [1.82, 2.24) is 15.1 Å². The molecule has 2 amide bonds. The van der Waals surface area contributed by atoms with Gasteiger partial charge < -0.3 is 4.90 Å². The number of rotatable bonds is 2. The zero-order valence-electron chi connectivity index (χ0n) is 10.6. The SMILES string of the molecule is CC1(C(=O)Nc2nncs2)CC(=O)N=C2C=CC=CN21. The quantitative estimate of drug-likeness (QED) is 0.875. The summed E-state index contributed by atoms with van der Waals surface area (Å²) in [5.74, 6) is -0.153. The van der Waals surface area contributed by atoms with Gasteiger partial charge in [-0.2, -0.15) is 4.99 Å². The Bertz CT molecular complexity index is 649. The fraction of sp³-hybridized carbons (Fsp3) is 0.250. The molecule has 8 heteroatoms. The second-order valence-electron chi connectivity index (χ2n) is 4.58. The highest BCUT2D eigenvalue weighted by atomic mass is 32.1. The zero-order valence-corrected chi connectivity index (χ0v) is 11.4. The van der Waals surface area contributed by atoms with E-state index in [1.165, 1.54) is 16.8 Å². The van der Waals surface area contributed by atoms with Gasteiger partial charge in [0.05, 0.1) is 6.42 Å². The molecule has 0 aliphatic carbocycles. The molecule has 0 radical (unpaired) electrons. The van der Waals surface area contributed by atoms with Crippen molar-refractivity contribution in [3.8, 4) is 0 Å². The van der Waals surface area contributed by atoms with E-state index in [4.69, 9.17) is 0 Å². The van der Waals surface area contributed by atoms with Crippen LogP contribution in [-0.2, 0) is 9.59 Å². The molecule has 1 aromatic rings. The van der Waals surface area contributed by atoms with Gasteiger partial charge in [-0.1, -0.05) is 17.4 Å². The standard InChI is InChI=1S/C12H11N5O2S/c1-12(10(19)15-11-16-13-7-20-11)6-9(18)14-8-4-2-3-5-17(8)12/h2-5,7H,6H2,1H3,(H,15,16,19). The molecule has 1 N–H and O–H groups in total. The van der Waals surface area contributed by atoms with Gasteiger partial charge in [-0.05, 0) is 19.1 Å². The number of hydrogen-bond donors (Lipinski definition) is 1. The Hall–Kier alpha value is -2.35. The number of nitrogens with zero attached hydrogens (tertiary/aromatic N) is 4. The number of carbonyl (C=O) groups excluding carboxylic acids is 2. The molecule has 2 aliphatic heterocycles. The van der Waals surface area contributed by atoms with Crippen molar-refractivity contribution in [1.29, 1.82) is 0 Å². The molecule has 1 unspecified atom stereocenters. The van der Waals surface area contributed by atoms with Crippen molar-refractivity contribution in [3.05, 3.63) is 29.9 Å². The Kier molecular flexibility index (Phi) is 2.94. The summed E-state index contributed by atoms with van der Waals surface area (Å²) in [7, 11) is 0. The largest absolute Gasteiger partial charge is 0.317 e. The number of allylic oxidation sites excluding steroid dienone is 2. The number of hydrogen-bond acceptors (Lipinski definition) is 6. The van der Waals surface area contributed by atoms with Crippen LogP contribution in [0.25, 0.3) is 0 Å². The van der Waals surface area contributed by atoms with Gasteiger partial charge in [-0.15, -0.1) is 10.2 Å². The monoisotopic (exact) mass is 289 g/mol. The van der Waals surface area contributed by atoms with E-state index in [1.807, 2.05) is 0 Å². The lowest BCUT2D eigenvalue weighted by Crippen LogP contribution is -2.58. The van der Waals surface area contributed by atoms with Crippen LogP contribution in [0.1, 0.15) is 13.3 Å². The van der Waals surface area contributed by atoms with E-state index in [9.17, 15) is 9.59 Å². The lowest BCUT2D eigenvalue weighted by Gasteiger charge is -2.41. The summed E-state index contributed by atoms with van der Waals surface area (Å²) >= 11 is 1.22. The third-order valence-corrected chi connectivity index (χ3v) is 3.78. The van der Waals surface area contributed by atoms with Crippen LogP contribution in [0.15, 0.2) is 34.9 Å². The second kappa shape index (κ2) is 4.64. The molecule has 0 spiro atoms. The molecule has 2 aliphatic rings. The van der Waals surface area contributed by atoms with Crippen molar-refractivity contribution in [2.24, 2.45) is 4.99 Å². The van der Waals surface area contributed by atoms with Crippen LogP contribution in [0.2, 0.25) is 0 Å². The van der Waals surface area contributed by atoms with E-state index >= 15 is 0 Å². The fourth-order valence-corrected chi connectivity index (χ4v) is 2.58. The van der Waals surface area contributed by atoms with Gasteiger partial charge in [-0.25, -0.2) is 0 Å². The van der Waals surface area contributed by atoms with Crippen LogP contribution < -0.4 is 5.32 Å². The van der Waals surface area contributed by atoms with Crippen LogP contribution in [0.5, 0.6) is 0 Å². The summed E-state index contributed by atoms with van der Waals surface area (Å²) in [4.78, 5) is 29.9. The highest BCUT2D eigenvalue weighted by molar-refractivity contribution is 7.13. The molecule has 20 heavy (non-hydrogen) atoms. The Labute approximate surface area is 118 Å². The average Bonchev–Trinajstić information content (AvgIpc) is 2.91. The smallest absolute Gasteiger partial charge is 0.252 e. The van der Waals surface area contributed by atoms with Gasteiger partial charge in [0.15, 0.2) is 0 Å². The highest BCUT2D eigenvalue weighted by Crippen LogP contribution is 2.29. The van der Waals surface area contributed by atoms with Crippen molar-refractivity contribution in [2.45, 2.75) is 18.9 Å². The number of anilines is 1. The molecular formula is C12H11N5O2S. The van der Waals surface area contributed by atoms with Gasteiger partial charge in [-0.3, -0.25) is 14.9 Å². The summed E-state index contributed by atoms with van der Waals surface area (Å²) in [6.07, 6.45) is 7.03. The third-order valence-electron chi connectivity index (χ3n) is 3.17. The normalized spacial score (nSPS) is 24.4. The van der Waals surface area contributed by atoms with Gasteiger partial charge in [0.2, 0.25) is 5.13 Å². The first-order valence-electron chi connectivity index (χ1n) is 5.93. The predicted octanol–water partition coefficient (Wildman–Crippen LogP) is 0.950. The van der Waals surface area contributed by atoms with E-state index in [2.05, 4.69) is 20.5 Å².